The number of nitro groups is 1. The highest BCUT2D eigenvalue weighted by Crippen LogP contribution is 2.20. The van der Waals surface area contributed by atoms with E-state index in [0.29, 0.717) is 24.3 Å². The number of nitrogens with zero attached hydrogens (tertiary/aromatic N) is 1. The summed E-state index contributed by atoms with van der Waals surface area (Å²) < 4.78 is 5.58. The molecule has 0 aromatic heterocycles. The lowest BCUT2D eigenvalue weighted by Gasteiger charge is -2.08. The van der Waals surface area contributed by atoms with Crippen molar-refractivity contribution in [3.63, 3.8) is 0 Å². The fourth-order valence-corrected chi connectivity index (χ4v) is 2.02. The fourth-order valence-electron chi connectivity index (χ4n) is 2.02. The van der Waals surface area contributed by atoms with Gasteiger partial charge in [-0.25, -0.2) is 0 Å². The highest BCUT2D eigenvalue weighted by Gasteiger charge is 2.11. The normalized spacial score (nSPS) is 11.9. The number of rotatable bonds is 6. The Kier molecular flexibility index (Phi) is 4.90. The van der Waals surface area contributed by atoms with Gasteiger partial charge in [0.2, 0.25) is 0 Å². The first-order chi connectivity index (χ1) is 10.1. The maximum absolute atomic E-state index is 10.9. The van der Waals surface area contributed by atoms with Crippen LogP contribution in [0.2, 0.25) is 0 Å². The van der Waals surface area contributed by atoms with E-state index in [-0.39, 0.29) is 10.6 Å². The zero-order valence-electron chi connectivity index (χ0n) is 11.7. The third-order valence-corrected chi connectivity index (χ3v) is 3.19. The van der Waals surface area contributed by atoms with Gasteiger partial charge in [-0.3, -0.25) is 10.1 Å². The standard InChI is InChI=1S/C16H17NO4/c1-12(18)13-6-8-15(9-7-13)21-11-10-14-4-2-3-5-16(14)17(19)20/h2-9,12,18H,10-11H2,1H3. The first-order valence-electron chi connectivity index (χ1n) is 6.71. The molecule has 0 heterocycles. The molecule has 1 N–H and O–H groups in total. The Labute approximate surface area is 123 Å². The molecule has 0 aliphatic rings. The molecule has 2 aromatic carbocycles. The SMILES string of the molecule is CC(O)c1ccc(OCCc2ccccc2[N+](=O)[O-])cc1. The second-order valence-electron chi connectivity index (χ2n) is 4.73. The van der Waals surface area contributed by atoms with Gasteiger partial charge in [-0.2, -0.15) is 0 Å². The zero-order chi connectivity index (χ0) is 15.2. The van der Waals surface area contributed by atoms with Crippen molar-refractivity contribution in [2.75, 3.05) is 6.61 Å². The molecule has 2 rings (SSSR count). The molecule has 0 amide bonds. The number of hydrogen-bond acceptors (Lipinski definition) is 4. The molecule has 5 nitrogen and oxygen atoms in total. The van der Waals surface area contributed by atoms with Crippen molar-refractivity contribution in [2.24, 2.45) is 0 Å². The number of nitro benzene ring substituents is 1. The maximum Gasteiger partial charge on any atom is 0.272 e. The van der Waals surface area contributed by atoms with Crippen molar-refractivity contribution in [3.8, 4) is 5.75 Å². The Balaban J connectivity index is 1.94. The molecule has 1 unspecified atom stereocenters. The molecule has 0 fully saturated rings. The van der Waals surface area contributed by atoms with E-state index in [0.717, 1.165) is 5.56 Å². The van der Waals surface area contributed by atoms with Crippen LogP contribution in [-0.4, -0.2) is 16.6 Å². The van der Waals surface area contributed by atoms with Crippen molar-refractivity contribution < 1.29 is 14.8 Å². The molecule has 0 radical (unpaired) electrons. The average Bonchev–Trinajstić information content (AvgIpc) is 2.48. The van der Waals surface area contributed by atoms with Gasteiger partial charge in [0.1, 0.15) is 5.75 Å². The van der Waals surface area contributed by atoms with Crippen molar-refractivity contribution in [1.82, 2.24) is 0 Å². The number of aliphatic hydroxyl groups excluding tert-OH is 1. The third kappa shape index (κ3) is 4.03. The van der Waals surface area contributed by atoms with Crippen LogP contribution >= 0.6 is 0 Å². The van der Waals surface area contributed by atoms with Crippen LogP contribution < -0.4 is 4.74 Å². The minimum absolute atomic E-state index is 0.116. The molecule has 2 aromatic rings. The van der Waals surface area contributed by atoms with E-state index in [1.54, 1.807) is 49.4 Å². The first kappa shape index (κ1) is 15.0. The van der Waals surface area contributed by atoms with Crippen LogP contribution in [0, 0.1) is 10.1 Å². The lowest BCUT2D eigenvalue weighted by molar-refractivity contribution is -0.385. The van der Waals surface area contributed by atoms with Crippen LogP contribution in [0.15, 0.2) is 48.5 Å². The topological polar surface area (TPSA) is 72.6 Å². The van der Waals surface area contributed by atoms with Crippen molar-refractivity contribution in [1.29, 1.82) is 0 Å². The van der Waals surface area contributed by atoms with Crippen LogP contribution in [0.4, 0.5) is 5.69 Å². The molecule has 0 bridgehead atoms. The van der Waals surface area contributed by atoms with E-state index in [1.807, 2.05) is 0 Å². The maximum atomic E-state index is 10.9. The Bertz CT molecular complexity index is 608. The molecular weight excluding hydrogens is 270 g/mol. The van der Waals surface area contributed by atoms with E-state index < -0.39 is 6.10 Å². The zero-order valence-corrected chi connectivity index (χ0v) is 11.7. The molecule has 0 saturated heterocycles. The van der Waals surface area contributed by atoms with Gasteiger partial charge in [-0.05, 0) is 24.6 Å². The van der Waals surface area contributed by atoms with Gasteiger partial charge in [-0.15, -0.1) is 0 Å². The highest BCUT2D eigenvalue weighted by atomic mass is 16.6. The second-order valence-corrected chi connectivity index (χ2v) is 4.73. The summed E-state index contributed by atoms with van der Waals surface area (Å²) in [5, 5.41) is 20.3. The van der Waals surface area contributed by atoms with E-state index in [4.69, 9.17) is 4.74 Å². The summed E-state index contributed by atoms with van der Waals surface area (Å²) in [5.41, 5.74) is 1.59. The van der Waals surface area contributed by atoms with Crippen molar-refractivity contribution in [3.05, 3.63) is 69.8 Å². The quantitative estimate of drug-likeness (QED) is 0.653. The Hall–Kier alpha value is -2.40. The van der Waals surface area contributed by atoms with Gasteiger partial charge >= 0.3 is 0 Å². The lowest BCUT2D eigenvalue weighted by atomic mass is 10.1. The predicted octanol–water partition coefficient (Wildman–Crippen LogP) is 3.27. The van der Waals surface area contributed by atoms with Crippen LogP contribution in [-0.2, 0) is 6.42 Å². The van der Waals surface area contributed by atoms with Gasteiger partial charge in [0, 0.05) is 18.1 Å². The lowest BCUT2D eigenvalue weighted by Crippen LogP contribution is -2.04. The van der Waals surface area contributed by atoms with E-state index in [2.05, 4.69) is 0 Å². The summed E-state index contributed by atoms with van der Waals surface area (Å²) in [6.07, 6.45) is -0.0407. The molecule has 21 heavy (non-hydrogen) atoms. The summed E-state index contributed by atoms with van der Waals surface area (Å²) in [5.74, 6) is 0.679. The van der Waals surface area contributed by atoms with Crippen molar-refractivity contribution in [2.45, 2.75) is 19.4 Å². The third-order valence-electron chi connectivity index (χ3n) is 3.19. The molecule has 110 valence electrons. The molecule has 0 spiro atoms. The summed E-state index contributed by atoms with van der Waals surface area (Å²) in [6, 6.07) is 13.8. The highest BCUT2D eigenvalue weighted by molar-refractivity contribution is 5.40. The van der Waals surface area contributed by atoms with Crippen LogP contribution in [0.3, 0.4) is 0 Å². The number of aliphatic hydroxyl groups is 1. The van der Waals surface area contributed by atoms with Crippen LogP contribution in [0.5, 0.6) is 5.75 Å². The first-order valence-corrected chi connectivity index (χ1v) is 6.71. The fraction of sp³-hybridized carbons (Fsp3) is 0.250. The minimum atomic E-state index is -0.508. The van der Waals surface area contributed by atoms with E-state index in [1.165, 1.54) is 6.07 Å². The molecule has 1 atom stereocenters. The smallest absolute Gasteiger partial charge is 0.272 e. The Morgan fingerprint density at radius 1 is 1.19 bits per heavy atom. The van der Waals surface area contributed by atoms with Gasteiger partial charge in [0.15, 0.2) is 0 Å². The summed E-state index contributed by atoms with van der Waals surface area (Å²) in [7, 11) is 0. The summed E-state index contributed by atoms with van der Waals surface area (Å²) in [6.45, 7) is 2.06. The molecule has 0 saturated carbocycles. The number of ether oxygens (including phenoxy) is 1. The van der Waals surface area contributed by atoms with Gasteiger partial charge < -0.3 is 9.84 Å². The van der Waals surface area contributed by atoms with Gasteiger partial charge in [-0.1, -0.05) is 30.3 Å². The molecular formula is C16H17NO4. The molecule has 0 aliphatic heterocycles. The van der Waals surface area contributed by atoms with Crippen molar-refractivity contribution >= 4 is 5.69 Å². The second kappa shape index (κ2) is 6.85. The van der Waals surface area contributed by atoms with E-state index in [9.17, 15) is 15.2 Å². The minimum Gasteiger partial charge on any atom is -0.493 e. The summed E-state index contributed by atoms with van der Waals surface area (Å²) in [4.78, 5) is 10.5. The van der Waals surface area contributed by atoms with Gasteiger partial charge in [0.25, 0.3) is 5.69 Å². The monoisotopic (exact) mass is 287 g/mol. The summed E-state index contributed by atoms with van der Waals surface area (Å²) >= 11 is 0. The average molecular weight is 287 g/mol. The Morgan fingerprint density at radius 2 is 1.86 bits per heavy atom. The number of benzene rings is 2. The van der Waals surface area contributed by atoms with E-state index >= 15 is 0 Å². The molecule has 0 aliphatic carbocycles. The van der Waals surface area contributed by atoms with Gasteiger partial charge in [0.05, 0.1) is 17.6 Å². The largest absolute Gasteiger partial charge is 0.493 e. The number of hydrogen-bond donors (Lipinski definition) is 1. The molecule has 5 heteroatoms. The van der Waals surface area contributed by atoms with Crippen LogP contribution in [0.25, 0.3) is 0 Å². The predicted molar refractivity (Wildman–Crippen MR) is 79.4 cm³/mol. The number of para-hydroxylation sites is 1. The van der Waals surface area contributed by atoms with Crippen LogP contribution in [0.1, 0.15) is 24.2 Å². The Morgan fingerprint density at radius 3 is 2.48 bits per heavy atom.